The molecule has 2 amide bonds. The Bertz CT molecular complexity index is 1240. The van der Waals surface area contributed by atoms with Crippen molar-refractivity contribution in [3.8, 4) is 11.4 Å². The number of nitrogens with zero attached hydrogens (tertiary/aromatic N) is 5. The fourth-order valence-corrected chi connectivity index (χ4v) is 5.08. The molecule has 8 nitrogen and oxygen atoms in total. The Morgan fingerprint density at radius 1 is 1.03 bits per heavy atom. The van der Waals surface area contributed by atoms with E-state index in [1.807, 2.05) is 52.3 Å². The summed E-state index contributed by atoms with van der Waals surface area (Å²) in [5.41, 5.74) is 2.53. The van der Waals surface area contributed by atoms with Crippen LogP contribution in [0.25, 0.3) is 11.4 Å². The van der Waals surface area contributed by atoms with Crippen LogP contribution < -0.4 is 4.90 Å². The van der Waals surface area contributed by atoms with E-state index < -0.39 is 0 Å². The van der Waals surface area contributed by atoms with Gasteiger partial charge in [-0.25, -0.2) is 0 Å². The first-order chi connectivity index (χ1) is 18.3. The van der Waals surface area contributed by atoms with E-state index in [4.69, 9.17) is 16.1 Å². The van der Waals surface area contributed by atoms with Crippen LogP contribution in [0, 0.1) is 5.92 Å². The number of hydrogen-bond acceptors (Lipinski definition) is 6. The molecule has 38 heavy (non-hydrogen) atoms. The van der Waals surface area contributed by atoms with Crippen LogP contribution in [0.2, 0.25) is 5.02 Å². The summed E-state index contributed by atoms with van der Waals surface area (Å²) in [4.78, 5) is 36.7. The van der Waals surface area contributed by atoms with Gasteiger partial charge in [0.05, 0.1) is 5.02 Å². The number of aryl methyl sites for hydroxylation is 1. The topological polar surface area (TPSA) is 82.8 Å². The van der Waals surface area contributed by atoms with Crippen LogP contribution in [0.4, 0.5) is 5.69 Å². The molecule has 0 N–H and O–H groups in total. The Hall–Kier alpha value is -3.23. The van der Waals surface area contributed by atoms with Gasteiger partial charge >= 0.3 is 0 Å². The largest absolute Gasteiger partial charge is 0.339 e. The lowest BCUT2D eigenvalue weighted by Gasteiger charge is -2.28. The van der Waals surface area contributed by atoms with E-state index in [2.05, 4.69) is 28.9 Å². The molecule has 2 aromatic carbocycles. The van der Waals surface area contributed by atoms with Crippen LogP contribution in [-0.2, 0) is 22.6 Å². The van der Waals surface area contributed by atoms with Crippen LogP contribution in [0.3, 0.4) is 0 Å². The van der Waals surface area contributed by atoms with Gasteiger partial charge in [0, 0.05) is 63.7 Å². The Balaban J connectivity index is 1.52. The summed E-state index contributed by atoms with van der Waals surface area (Å²) in [7, 11) is 0. The van der Waals surface area contributed by atoms with Crippen LogP contribution in [0.5, 0.6) is 0 Å². The lowest BCUT2D eigenvalue weighted by Crippen LogP contribution is -2.40. The highest BCUT2D eigenvalue weighted by Gasteiger charge is 2.23. The molecule has 2 heterocycles. The maximum Gasteiger partial charge on any atom is 0.227 e. The molecule has 0 bridgehead atoms. The zero-order valence-corrected chi connectivity index (χ0v) is 23.2. The summed E-state index contributed by atoms with van der Waals surface area (Å²) in [5.74, 6) is 1.34. The molecular weight excluding hydrogens is 502 g/mol. The molecule has 0 radical (unpaired) electrons. The van der Waals surface area contributed by atoms with Crippen molar-refractivity contribution in [2.45, 2.75) is 46.6 Å². The molecule has 0 saturated heterocycles. The summed E-state index contributed by atoms with van der Waals surface area (Å²) in [6.45, 7) is 10.3. The molecule has 9 heteroatoms. The molecular formula is C29H36ClN5O3. The van der Waals surface area contributed by atoms with Crippen molar-refractivity contribution < 1.29 is 14.1 Å². The minimum atomic E-state index is 0.00964. The third-order valence-electron chi connectivity index (χ3n) is 6.68. The number of anilines is 1. The molecule has 0 saturated carbocycles. The number of carbonyl (C=O) groups is 2. The molecule has 4 rings (SSSR count). The first kappa shape index (κ1) is 27.8. The third kappa shape index (κ3) is 7.20. The molecule has 202 valence electrons. The molecule has 0 fully saturated rings. The normalized spacial score (nSPS) is 15.3. The number of fused-ring (bicyclic) bond motifs is 1. The number of amides is 2. The molecule has 0 spiro atoms. The number of para-hydroxylation sites is 1. The van der Waals surface area contributed by atoms with Crippen molar-refractivity contribution in [1.29, 1.82) is 0 Å². The van der Waals surface area contributed by atoms with Gasteiger partial charge in [-0.3, -0.25) is 9.59 Å². The predicted octanol–water partition coefficient (Wildman–Crippen LogP) is 5.07. The van der Waals surface area contributed by atoms with Crippen molar-refractivity contribution in [3.63, 3.8) is 0 Å². The maximum absolute atomic E-state index is 13.5. The van der Waals surface area contributed by atoms with Crippen LogP contribution in [0.15, 0.2) is 53.1 Å². The van der Waals surface area contributed by atoms with E-state index in [1.165, 1.54) is 0 Å². The maximum atomic E-state index is 13.5. The van der Waals surface area contributed by atoms with Gasteiger partial charge < -0.3 is 19.2 Å². The number of halogens is 1. The Morgan fingerprint density at radius 2 is 1.79 bits per heavy atom. The van der Waals surface area contributed by atoms with Gasteiger partial charge in [0.2, 0.25) is 23.5 Å². The first-order valence-corrected chi connectivity index (χ1v) is 13.6. The molecule has 1 aliphatic heterocycles. The molecule has 0 unspecified atom stereocenters. The van der Waals surface area contributed by atoms with E-state index in [0.29, 0.717) is 54.3 Å². The highest BCUT2D eigenvalue weighted by Crippen LogP contribution is 2.26. The van der Waals surface area contributed by atoms with Gasteiger partial charge in [-0.1, -0.05) is 60.9 Å². The Labute approximate surface area is 229 Å². The second-order valence-corrected chi connectivity index (χ2v) is 10.6. The Morgan fingerprint density at radius 3 is 2.55 bits per heavy atom. The number of hydrogen-bond donors (Lipinski definition) is 0. The summed E-state index contributed by atoms with van der Waals surface area (Å²) in [6, 6.07) is 15.2. The minimum absolute atomic E-state index is 0.00964. The quantitative estimate of drug-likeness (QED) is 0.437. The summed E-state index contributed by atoms with van der Waals surface area (Å²) < 4.78 is 5.42. The Kier molecular flexibility index (Phi) is 9.53. The van der Waals surface area contributed by atoms with E-state index in [1.54, 1.807) is 13.0 Å². The summed E-state index contributed by atoms with van der Waals surface area (Å²) in [5, 5.41) is 4.60. The van der Waals surface area contributed by atoms with Crippen molar-refractivity contribution in [2.24, 2.45) is 5.92 Å². The number of carbonyl (C=O) groups excluding carboxylic acids is 2. The highest BCUT2D eigenvalue weighted by molar-refractivity contribution is 6.33. The summed E-state index contributed by atoms with van der Waals surface area (Å²) >= 11 is 6.27. The zero-order valence-electron chi connectivity index (χ0n) is 22.4. The molecule has 1 aliphatic rings. The molecule has 1 aromatic heterocycles. The highest BCUT2D eigenvalue weighted by atomic mass is 35.5. The van der Waals surface area contributed by atoms with Crippen molar-refractivity contribution >= 4 is 29.1 Å². The van der Waals surface area contributed by atoms with E-state index >= 15 is 0 Å². The number of benzene rings is 2. The van der Waals surface area contributed by atoms with Gasteiger partial charge in [0.1, 0.15) is 0 Å². The fraction of sp³-hybridized carbons (Fsp3) is 0.448. The fourth-order valence-electron chi connectivity index (χ4n) is 4.86. The molecule has 3 aromatic rings. The van der Waals surface area contributed by atoms with E-state index in [0.717, 1.165) is 37.3 Å². The van der Waals surface area contributed by atoms with Crippen molar-refractivity contribution in [2.75, 3.05) is 37.6 Å². The van der Waals surface area contributed by atoms with Crippen LogP contribution >= 0.6 is 11.6 Å². The SMILES string of the molecule is CC(=O)N1CCCN(CC(C)C)CCN(C(=O)CCc2nc(-c3ccccc3Cl)no2)Cc2ccccc21. The second kappa shape index (κ2) is 13.0. The lowest BCUT2D eigenvalue weighted by molar-refractivity contribution is -0.132. The van der Waals surface area contributed by atoms with E-state index in [9.17, 15) is 9.59 Å². The van der Waals surface area contributed by atoms with Gasteiger partial charge in [-0.15, -0.1) is 0 Å². The number of rotatable bonds is 6. The van der Waals surface area contributed by atoms with Gasteiger partial charge in [-0.2, -0.15) is 4.98 Å². The average molecular weight is 538 g/mol. The first-order valence-electron chi connectivity index (χ1n) is 13.3. The predicted molar refractivity (Wildman–Crippen MR) is 149 cm³/mol. The van der Waals surface area contributed by atoms with Crippen molar-refractivity contribution in [1.82, 2.24) is 19.9 Å². The average Bonchev–Trinajstić information content (AvgIpc) is 3.35. The minimum Gasteiger partial charge on any atom is -0.339 e. The van der Waals surface area contributed by atoms with Gasteiger partial charge in [0.15, 0.2) is 0 Å². The van der Waals surface area contributed by atoms with E-state index in [-0.39, 0.29) is 18.2 Å². The monoisotopic (exact) mass is 537 g/mol. The zero-order chi connectivity index (χ0) is 27.1. The third-order valence-corrected chi connectivity index (χ3v) is 7.01. The smallest absolute Gasteiger partial charge is 0.227 e. The van der Waals surface area contributed by atoms with Gasteiger partial charge in [-0.05, 0) is 42.6 Å². The molecule has 0 atom stereocenters. The van der Waals surface area contributed by atoms with Crippen LogP contribution in [0.1, 0.15) is 45.1 Å². The van der Waals surface area contributed by atoms with Crippen LogP contribution in [-0.4, -0.2) is 64.5 Å². The van der Waals surface area contributed by atoms with Crippen molar-refractivity contribution in [3.05, 3.63) is 65.0 Å². The molecule has 0 aliphatic carbocycles. The standard InChI is InChI=1S/C29H36ClN5O3/c1-21(2)19-33-15-8-16-35(22(3)36)26-12-7-4-9-23(26)20-34(18-17-33)28(37)14-13-27-31-29(32-38-27)24-10-5-6-11-25(24)30/h4-7,9-12,21H,8,13-20H2,1-3H3. The second-order valence-electron chi connectivity index (χ2n) is 10.2. The lowest BCUT2D eigenvalue weighted by atomic mass is 10.1. The number of aromatic nitrogens is 2. The van der Waals surface area contributed by atoms with Gasteiger partial charge in [0.25, 0.3) is 0 Å². The summed E-state index contributed by atoms with van der Waals surface area (Å²) in [6.07, 6.45) is 1.45.